The molecule has 7 nitrogen and oxygen atoms in total. The van der Waals surface area contributed by atoms with Gasteiger partial charge in [-0.05, 0) is 54.2 Å². The minimum Gasteiger partial charge on any atom is -0.484 e. The summed E-state index contributed by atoms with van der Waals surface area (Å²) in [6.07, 6.45) is 1.67. The molecule has 3 amide bonds. The van der Waals surface area contributed by atoms with Crippen molar-refractivity contribution in [3.8, 4) is 5.75 Å². The summed E-state index contributed by atoms with van der Waals surface area (Å²) in [6, 6.07) is 12.4. The first kappa shape index (κ1) is 22.0. The lowest BCUT2D eigenvalue weighted by Crippen LogP contribution is -2.36. The number of fused-ring (bicyclic) bond motifs is 1. The minimum absolute atomic E-state index is 0.0436. The highest BCUT2D eigenvalue weighted by Crippen LogP contribution is 2.28. The molecule has 0 aliphatic carbocycles. The fourth-order valence-corrected chi connectivity index (χ4v) is 3.92. The molecule has 168 valence electrons. The number of imide groups is 1. The fourth-order valence-electron chi connectivity index (χ4n) is 3.92. The van der Waals surface area contributed by atoms with Crippen molar-refractivity contribution >= 4 is 23.4 Å². The zero-order valence-corrected chi connectivity index (χ0v) is 18.6. The summed E-state index contributed by atoms with van der Waals surface area (Å²) >= 11 is 0. The number of ether oxygens (including phenoxy) is 2. The molecule has 0 spiro atoms. The molecule has 0 aromatic heterocycles. The number of rotatable bonds is 6. The Kier molecular flexibility index (Phi) is 6.02. The molecule has 2 heterocycles. The van der Waals surface area contributed by atoms with E-state index < -0.39 is 0 Å². The Balaban J connectivity index is 1.35. The first-order chi connectivity index (χ1) is 15.2. The van der Waals surface area contributed by atoms with Gasteiger partial charge in [0.05, 0.1) is 23.8 Å². The second kappa shape index (κ2) is 8.74. The van der Waals surface area contributed by atoms with E-state index in [1.807, 2.05) is 24.3 Å². The van der Waals surface area contributed by atoms with E-state index in [4.69, 9.17) is 9.47 Å². The topological polar surface area (TPSA) is 84.9 Å². The molecule has 2 aromatic carbocycles. The average molecular weight is 437 g/mol. The number of nitrogens with zero attached hydrogens (tertiary/aromatic N) is 1. The van der Waals surface area contributed by atoms with Gasteiger partial charge in [0.25, 0.3) is 17.7 Å². The standard InChI is InChI=1S/C25H28N2O5/c1-25(2,3)16-6-9-18(10-7-16)32-15-22(28)26-17-8-11-20-21(13-17)24(30)27(23(20)29)14-19-5-4-12-31-19/h6-11,13,19H,4-5,12,14-15H2,1-3H3,(H,26,28). The van der Waals surface area contributed by atoms with Crippen LogP contribution in [0.3, 0.4) is 0 Å². The van der Waals surface area contributed by atoms with Crippen molar-refractivity contribution in [3.63, 3.8) is 0 Å². The zero-order chi connectivity index (χ0) is 22.9. The van der Waals surface area contributed by atoms with Crippen LogP contribution < -0.4 is 10.1 Å². The minimum atomic E-state index is -0.355. The molecular formula is C25H28N2O5. The van der Waals surface area contributed by atoms with Crippen LogP contribution in [0.25, 0.3) is 0 Å². The molecule has 4 rings (SSSR count). The maximum atomic E-state index is 12.8. The third-order valence-electron chi connectivity index (χ3n) is 5.75. The highest BCUT2D eigenvalue weighted by molar-refractivity contribution is 6.21. The van der Waals surface area contributed by atoms with Gasteiger partial charge in [-0.25, -0.2) is 0 Å². The molecule has 0 saturated carbocycles. The van der Waals surface area contributed by atoms with Crippen molar-refractivity contribution in [2.24, 2.45) is 0 Å². The fraction of sp³-hybridized carbons (Fsp3) is 0.400. The van der Waals surface area contributed by atoms with Gasteiger partial charge < -0.3 is 14.8 Å². The van der Waals surface area contributed by atoms with Gasteiger partial charge in [-0.2, -0.15) is 0 Å². The molecule has 2 aliphatic rings. The van der Waals surface area contributed by atoms with Crippen LogP contribution in [0.4, 0.5) is 5.69 Å². The Labute approximate surface area is 187 Å². The Hall–Kier alpha value is -3.19. The first-order valence-corrected chi connectivity index (χ1v) is 10.9. The average Bonchev–Trinajstić information content (AvgIpc) is 3.35. The molecule has 2 aliphatic heterocycles. The van der Waals surface area contributed by atoms with Gasteiger partial charge in [0, 0.05) is 12.3 Å². The van der Waals surface area contributed by atoms with E-state index in [0.29, 0.717) is 29.2 Å². The predicted octanol–water partition coefficient (Wildman–Crippen LogP) is 3.78. The number of carbonyl (C=O) groups is 3. The lowest BCUT2D eigenvalue weighted by molar-refractivity contribution is -0.118. The highest BCUT2D eigenvalue weighted by Gasteiger charge is 2.37. The lowest BCUT2D eigenvalue weighted by Gasteiger charge is -2.19. The molecule has 0 radical (unpaired) electrons. The van der Waals surface area contributed by atoms with Crippen LogP contribution in [0.15, 0.2) is 42.5 Å². The summed E-state index contributed by atoms with van der Waals surface area (Å²) in [6.45, 7) is 7.15. The van der Waals surface area contributed by atoms with Crippen LogP contribution in [-0.4, -0.2) is 48.5 Å². The summed E-state index contributed by atoms with van der Waals surface area (Å²) in [7, 11) is 0. The largest absolute Gasteiger partial charge is 0.484 e. The van der Waals surface area contributed by atoms with E-state index in [0.717, 1.165) is 12.8 Å². The van der Waals surface area contributed by atoms with E-state index in [1.54, 1.807) is 18.2 Å². The summed E-state index contributed by atoms with van der Waals surface area (Å²) in [5.41, 5.74) is 2.31. The third-order valence-corrected chi connectivity index (χ3v) is 5.75. The van der Waals surface area contributed by atoms with E-state index in [1.165, 1.54) is 10.5 Å². The second-order valence-corrected chi connectivity index (χ2v) is 9.23. The van der Waals surface area contributed by atoms with E-state index in [2.05, 4.69) is 26.1 Å². The van der Waals surface area contributed by atoms with Crippen molar-refractivity contribution in [1.29, 1.82) is 0 Å². The molecule has 1 saturated heterocycles. The summed E-state index contributed by atoms with van der Waals surface area (Å²) in [5.74, 6) is -0.419. The van der Waals surface area contributed by atoms with Crippen molar-refractivity contribution in [1.82, 2.24) is 4.90 Å². The highest BCUT2D eigenvalue weighted by atomic mass is 16.5. The Morgan fingerprint density at radius 1 is 1.09 bits per heavy atom. The lowest BCUT2D eigenvalue weighted by atomic mass is 9.87. The summed E-state index contributed by atoms with van der Waals surface area (Å²) in [5, 5.41) is 2.73. The SMILES string of the molecule is CC(C)(C)c1ccc(OCC(=O)Nc2ccc3c(c2)C(=O)N(CC2CCCO2)C3=O)cc1. The molecule has 1 fully saturated rings. The van der Waals surface area contributed by atoms with Gasteiger partial charge in [-0.1, -0.05) is 32.9 Å². The van der Waals surface area contributed by atoms with E-state index >= 15 is 0 Å². The van der Waals surface area contributed by atoms with Gasteiger partial charge >= 0.3 is 0 Å². The van der Waals surface area contributed by atoms with E-state index in [-0.39, 0.29) is 42.4 Å². The van der Waals surface area contributed by atoms with Gasteiger partial charge in [0.1, 0.15) is 5.75 Å². The van der Waals surface area contributed by atoms with Crippen LogP contribution in [-0.2, 0) is 14.9 Å². The number of hydrogen-bond acceptors (Lipinski definition) is 5. The molecule has 1 N–H and O–H groups in total. The van der Waals surface area contributed by atoms with Crippen LogP contribution in [0, 0.1) is 0 Å². The Morgan fingerprint density at radius 3 is 2.47 bits per heavy atom. The van der Waals surface area contributed by atoms with Crippen molar-refractivity contribution in [3.05, 3.63) is 59.2 Å². The Bertz CT molecular complexity index is 1030. The summed E-state index contributed by atoms with van der Waals surface area (Å²) < 4.78 is 11.1. The van der Waals surface area contributed by atoms with Gasteiger partial charge in [0.15, 0.2) is 6.61 Å². The molecule has 32 heavy (non-hydrogen) atoms. The number of hydrogen-bond donors (Lipinski definition) is 1. The maximum Gasteiger partial charge on any atom is 0.262 e. The van der Waals surface area contributed by atoms with Crippen LogP contribution in [0.5, 0.6) is 5.75 Å². The molecule has 7 heteroatoms. The van der Waals surface area contributed by atoms with Gasteiger partial charge in [-0.3, -0.25) is 19.3 Å². The van der Waals surface area contributed by atoms with Crippen LogP contribution >= 0.6 is 0 Å². The number of carbonyl (C=O) groups excluding carboxylic acids is 3. The Morgan fingerprint density at radius 2 is 1.81 bits per heavy atom. The monoisotopic (exact) mass is 436 g/mol. The molecule has 2 aromatic rings. The van der Waals surface area contributed by atoms with Gasteiger partial charge in [-0.15, -0.1) is 0 Å². The smallest absolute Gasteiger partial charge is 0.262 e. The first-order valence-electron chi connectivity index (χ1n) is 10.9. The molecule has 1 unspecified atom stereocenters. The van der Waals surface area contributed by atoms with Crippen LogP contribution in [0.2, 0.25) is 0 Å². The second-order valence-electron chi connectivity index (χ2n) is 9.23. The number of anilines is 1. The quantitative estimate of drug-likeness (QED) is 0.697. The molecule has 1 atom stereocenters. The molecular weight excluding hydrogens is 408 g/mol. The van der Waals surface area contributed by atoms with Crippen molar-refractivity contribution in [2.45, 2.75) is 45.1 Å². The number of nitrogens with one attached hydrogen (secondary N) is 1. The van der Waals surface area contributed by atoms with Gasteiger partial charge in [0.2, 0.25) is 0 Å². The number of amides is 3. The van der Waals surface area contributed by atoms with Crippen molar-refractivity contribution in [2.75, 3.05) is 25.1 Å². The molecule has 0 bridgehead atoms. The van der Waals surface area contributed by atoms with E-state index in [9.17, 15) is 14.4 Å². The predicted molar refractivity (Wildman–Crippen MR) is 120 cm³/mol. The third kappa shape index (κ3) is 4.67. The maximum absolute atomic E-state index is 12.8. The van der Waals surface area contributed by atoms with Crippen LogP contribution in [0.1, 0.15) is 59.9 Å². The zero-order valence-electron chi connectivity index (χ0n) is 18.6. The normalized spacial score (nSPS) is 18.1. The van der Waals surface area contributed by atoms with Crippen molar-refractivity contribution < 1.29 is 23.9 Å². The number of benzene rings is 2. The summed E-state index contributed by atoms with van der Waals surface area (Å²) in [4.78, 5) is 38.9.